The summed E-state index contributed by atoms with van der Waals surface area (Å²) in [6, 6.07) is 22.0. The number of amides is 1. The van der Waals surface area contributed by atoms with Gasteiger partial charge in [0.15, 0.2) is 0 Å². The van der Waals surface area contributed by atoms with Crippen molar-refractivity contribution in [2.24, 2.45) is 0 Å². The summed E-state index contributed by atoms with van der Waals surface area (Å²) in [5.74, 6) is 0.503. The van der Waals surface area contributed by atoms with Gasteiger partial charge in [0.1, 0.15) is 0 Å². The van der Waals surface area contributed by atoms with E-state index in [-0.39, 0.29) is 5.91 Å². The SMILES string of the molecule is CN(Cc1ccccc1)C(=O)CSc1ccc2ccccc2n1. The van der Waals surface area contributed by atoms with Crippen molar-refractivity contribution in [2.75, 3.05) is 12.8 Å². The molecule has 3 nitrogen and oxygen atoms in total. The predicted molar refractivity (Wildman–Crippen MR) is 95.4 cm³/mol. The van der Waals surface area contributed by atoms with E-state index in [9.17, 15) is 4.79 Å². The number of carbonyl (C=O) groups excluding carboxylic acids is 1. The van der Waals surface area contributed by atoms with Crippen LogP contribution < -0.4 is 0 Å². The minimum atomic E-state index is 0.105. The van der Waals surface area contributed by atoms with Crippen LogP contribution in [0.25, 0.3) is 10.9 Å². The molecule has 0 aliphatic heterocycles. The molecule has 0 aliphatic carbocycles. The van der Waals surface area contributed by atoms with Gasteiger partial charge in [0.2, 0.25) is 5.91 Å². The van der Waals surface area contributed by atoms with Crippen LogP contribution in [0.1, 0.15) is 5.56 Å². The number of pyridine rings is 1. The monoisotopic (exact) mass is 322 g/mol. The summed E-state index contributed by atoms with van der Waals surface area (Å²) in [5.41, 5.74) is 2.10. The number of fused-ring (bicyclic) bond motifs is 1. The molecule has 0 fully saturated rings. The molecule has 0 saturated heterocycles. The molecule has 3 aromatic rings. The molecule has 1 aromatic heterocycles. The molecule has 0 radical (unpaired) electrons. The van der Waals surface area contributed by atoms with Crippen molar-refractivity contribution in [1.82, 2.24) is 9.88 Å². The van der Waals surface area contributed by atoms with Crippen LogP contribution in [-0.2, 0) is 11.3 Å². The van der Waals surface area contributed by atoms with E-state index in [1.54, 1.807) is 4.90 Å². The lowest BCUT2D eigenvalue weighted by atomic mass is 10.2. The molecule has 0 N–H and O–H groups in total. The molecule has 3 rings (SSSR count). The van der Waals surface area contributed by atoms with E-state index in [4.69, 9.17) is 0 Å². The van der Waals surface area contributed by atoms with Crippen LogP contribution in [-0.4, -0.2) is 28.6 Å². The maximum absolute atomic E-state index is 12.3. The van der Waals surface area contributed by atoms with E-state index in [0.29, 0.717) is 12.3 Å². The second-order valence-electron chi connectivity index (χ2n) is 5.37. The number of aromatic nitrogens is 1. The summed E-state index contributed by atoms with van der Waals surface area (Å²) in [4.78, 5) is 18.6. The minimum Gasteiger partial charge on any atom is -0.341 e. The van der Waals surface area contributed by atoms with Gasteiger partial charge in [-0.3, -0.25) is 4.79 Å². The second-order valence-corrected chi connectivity index (χ2v) is 6.36. The quantitative estimate of drug-likeness (QED) is 0.666. The Kier molecular flexibility index (Phi) is 4.93. The zero-order valence-electron chi connectivity index (χ0n) is 13.0. The highest BCUT2D eigenvalue weighted by molar-refractivity contribution is 7.99. The van der Waals surface area contributed by atoms with Crippen molar-refractivity contribution in [1.29, 1.82) is 0 Å². The van der Waals surface area contributed by atoms with E-state index < -0.39 is 0 Å². The standard InChI is InChI=1S/C19H18N2OS/c1-21(13-15-7-3-2-4-8-15)19(22)14-23-18-12-11-16-9-5-6-10-17(16)20-18/h2-12H,13-14H2,1H3. The third-order valence-corrected chi connectivity index (χ3v) is 4.52. The number of carbonyl (C=O) groups is 1. The molecule has 4 heteroatoms. The lowest BCUT2D eigenvalue weighted by molar-refractivity contribution is -0.127. The first-order valence-electron chi connectivity index (χ1n) is 7.49. The Hall–Kier alpha value is -2.33. The van der Waals surface area contributed by atoms with Crippen LogP contribution in [0.15, 0.2) is 71.8 Å². The summed E-state index contributed by atoms with van der Waals surface area (Å²) < 4.78 is 0. The van der Waals surface area contributed by atoms with Gasteiger partial charge in [-0.2, -0.15) is 0 Å². The molecule has 1 heterocycles. The van der Waals surface area contributed by atoms with Crippen LogP contribution in [0.2, 0.25) is 0 Å². The number of benzene rings is 2. The van der Waals surface area contributed by atoms with Crippen LogP contribution in [0.4, 0.5) is 0 Å². The second kappa shape index (κ2) is 7.29. The number of hydrogen-bond donors (Lipinski definition) is 0. The van der Waals surface area contributed by atoms with Gasteiger partial charge in [-0.1, -0.05) is 66.4 Å². The van der Waals surface area contributed by atoms with Gasteiger partial charge < -0.3 is 4.90 Å². The zero-order chi connectivity index (χ0) is 16.1. The number of rotatable bonds is 5. The highest BCUT2D eigenvalue weighted by Crippen LogP contribution is 2.20. The van der Waals surface area contributed by atoms with E-state index in [1.807, 2.05) is 73.8 Å². The number of hydrogen-bond acceptors (Lipinski definition) is 3. The van der Waals surface area contributed by atoms with Gasteiger partial charge in [-0.15, -0.1) is 0 Å². The molecule has 0 unspecified atom stereocenters. The molecule has 0 atom stereocenters. The van der Waals surface area contributed by atoms with E-state index >= 15 is 0 Å². The van der Waals surface area contributed by atoms with Crippen molar-refractivity contribution < 1.29 is 4.79 Å². The molecule has 23 heavy (non-hydrogen) atoms. The van der Waals surface area contributed by atoms with E-state index in [2.05, 4.69) is 4.98 Å². The topological polar surface area (TPSA) is 33.2 Å². The molecule has 1 amide bonds. The van der Waals surface area contributed by atoms with Gasteiger partial charge in [0.25, 0.3) is 0 Å². The Morgan fingerprint density at radius 1 is 1.00 bits per heavy atom. The Labute approximate surface area is 140 Å². The fourth-order valence-corrected chi connectivity index (χ4v) is 3.14. The van der Waals surface area contributed by atoms with Crippen molar-refractivity contribution in [2.45, 2.75) is 11.6 Å². The third kappa shape index (κ3) is 4.11. The molecule has 0 bridgehead atoms. The summed E-state index contributed by atoms with van der Waals surface area (Å²) in [7, 11) is 1.84. The maximum atomic E-state index is 12.3. The summed E-state index contributed by atoms with van der Waals surface area (Å²) in [5, 5.41) is 1.99. The first-order chi connectivity index (χ1) is 11.2. The van der Waals surface area contributed by atoms with E-state index in [0.717, 1.165) is 21.5 Å². The van der Waals surface area contributed by atoms with Gasteiger partial charge in [-0.05, 0) is 17.7 Å². The zero-order valence-corrected chi connectivity index (χ0v) is 13.8. The van der Waals surface area contributed by atoms with Crippen molar-refractivity contribution >= 4 is 28.6 Å². The Balaban J connectivity index is 1.59. The van der Waals surface area contributed by atoms with Crippen LogP contribution in [0.3, 0.4) is 0 Å². The highest BCUT2D eigenvalue weighted by Gasteiger charge is 2.10. The lowest BCUT2D eigenvalue weighted by Crippen LogP contribution is -2.27. The largest absolute Gasteiger partial charge is 0.341 e. The van der Waals surface area contributed by atoms with Crippen molar-refractivity contribution in [3.63, 3.8) is 0 Å². The predicted octanol–water partition coefficient (Wildman–Crippen LogP) is 3.99. The lowest BCUT2D eigenvalue weighted by Gasteiger charge is -2.17. The number of para-hydroxylation sites is 1. The maximum Gasteiger partial charge on any atom is 0.233 e. The van der Waals surface area contributed by atoms with Gasteiger partial charge >= 0.3 is 0 Å². The first kappa shape index (κ1) is 15.6. The Morgan fingerprint density at radius 3 is 2.57 bits per heavy atom. The highest BCUT2D eigenvalue weighted by atomic mass is 32.2. The first-order valence-corrected chi connectivity index (χ1v) is 8.47. The minimum absolute atomic E-state index is 0.105. The van der Waals surface area contributed by atoms with Gasteiger partial charge in [0, 0.05) is 19.0 Å². The number of thioether (sulfide) groups is 1. The molecule has 0 aliphatic rings. The van der Waals surface area contributed by atoms with Gasteiger partial charge in [-0.25, -0.2) is 4.98 Å². The third-order valence-electron chi connectivity index (χ3n) is 3.60. The van der Waals surface area contributed by atoms with E-state index in [1.165, 1.54) is 11.8 Å². The fraction of sp³-hybridized carbons (Fsp3) is 0.158. The summed E-state index contributed by atoms with van der Waals surface area (Å²) >= 11 is 1.48. The molecular weight excluding hydrogens is 304 g/mol. The van der Waals surface area contributed by atoms with Crippen LogP contribution >= 0.6 is 11.8 Å². The summed E-state index contributed by atoms with van der Waals surface area (Å²) in [6.07, 6.45) is 0. The van der Waals surface area contributed by atoms with Crippen molar-refractivity contribution in [3.05, 3.63) is 72.3 Å². The molecule has 0 saturated carbocycles. The molecule has 116 valence electrons. The van der Waals surface area contributed by atoms with Crippen LogP contribution in [0, 0.1) is 0 Å². The van der Waals surface area contributed by atoms with Crippen molar-refractivity contribution in [3.8, 4) is 0 Å². The average Bonchev–Trinajstić information content (AvgIpc) is 2.60. The summed E-state index contributed by atoms with van der Waals surface area (Å²) in [6.45, 7) is 0.630. The Morgan fingerprint density at radius 2 is 1.74 bits per heavy atom. The fourth-order valence-electron chi connectivity index (χ4n) is 2.32. The molecular formula is C19H18N2OS. The molecule has 2 aromatic carbocycles. The number of nitrogens with zero attached hydrogens (tertiary/aromatic N) is 2. The Bertz CT molecular complexity index is 805. The average molecular weight is 322 g/mol. The van der Waals surface area contributed by atoms with Crippen LogP contribution in [0.5, 0.6) is 0 Å². The molecule has 0 spiro atoms. The normalized spacial score (nSPS) is 10.7. The smallest absolute Gasteiger partial charge is 0.233 e. The van der Waals surface area contributed by atoms with Gasteiger partial charge in [0.05, 0.1) is 16.3 Å².